The summed E-state index contributed by atoms with van der Waals surface area (Å²) in [5, 5.41) is 4.53. The van der Waals surface area contributed by atoms with Crippen LogP contribution < -0.4 is 9.47 Å². The molecule has 3 aliphatic heterocycles. The summed E-state index contributed by atoms with van der Waals surface area (Å²) in [4.78, 5) is 12.6. The average Bonchev–Trinajstić information content (AvgIpc) is 3.44. The maximum atomic E-state index is 13.8. The fourth-order valence-electron chi connectivity index (χ4n) is 5.08. The van der Waals surface area contributed by atoms with Gasteiger partial charge in [-0.25, -0.2) is 9.37 Å². The third kappa shape index (κ3) is 3.24. The number of halogens is 1. The van der Waals surface area contributed by atoms with Crippen molar-refractivity contribution >= 4 is 11.9 Å². The minimum Gasteiger partial charge on any atom is -0.495 e. The van der Waals surface area contributed by atoms with E-state index in [4.69, 9.17) is 14.3 Å². The molecule has 0 N–H and O–H groups in total. The van der Waals surface area contributed by atoms with E-state index in [0.29, 0.717) is 18.8 Å². The Labute approximate surface area is 197 Å². The van der Waals surface area contributed by atoms with Crippen molar-refractivity contribution in [1.29, 1.82) is 0 Å². The molecule has 0 saturated carbocycles. The normalized spacial score (nSPS) is 22.1. The average molecular weight is 461 g/mol. The molecule has 3 aromatic rings. The molecule has 8 heteroatoms. The molecule has 1 atom stereocenters. The molecule has 7 nitrogen and oxygen atoms in total. The number of hydrogen-bond acceptors (Lipinski definition) is 6. The van der Waals surface area contributed by atoms with Crippen molar-refractivity contribution in [3.63, 3.8) is 0 Å². The summed E-state index contributed by atoms with van der Waals surface area (Å²) >= 11 is 0. The quantitative estimate of drug-likeness (QED) is 0.563. The molecular formula is C26H25FN4O3. The summed E-state index contributed by atoms with van der Waals surface area (Å²) in [5.74, 6) is 1.80. The van der Waals surface area contributed by atoms with E-state index in [2.05, 4.69) is 27.2 Å². The second kappa shape index (κ2) is 7.90. The fraction of sp³-hybridized carbons (Fsp3) is 0.308. The number of methoxy groups -OCH3 is 1. The van der Waals surface area contributed by atoms with Gasteiger partial charge in [-0.15, -0.1) is 0 Å². The number of piperidine rings is 1. The van der Waals surface area contributed by atoms with E-state index < -0.39 is 5.72 Å². The van der Waals surface area contributed by atoms with Crippen LogP contribution in [0.1, 0.15) is 36.1 Å². The van der Waals surface area contributed by atoms with Crippen molar-refractivity contribution in [2.24, 2.45) is 5.16 Å². The highest BCUT2D eigenvalue weighted by atomic mass is 19.1. The van der Waals surface area contributed by atoms with E-state index in [1.165, 1.54) is 12.1 Å². The first-order valence-electron chi connectivity index (χ1n) is 11.4. The Bertz CT molecular complexity index is 1330. The minimum atomic E-state index is -0.753. The maximum Gasteiger partial charge on any atom is 0.244 e. The van der Waals surface area contributed by atoms with Crippen LogP contribution in [0.4, 0.5) is 4.39 Å². The second-order valence-electron chi connectivity index (χ2n) is 8.81. The third-order valence-corrected chi connectivity index (χ3v) is 6.69. The van der Waals surface area contributed by atoms with Gasteiger partial charge < -0.3 is 23.8 Å². The highest BCUT2D eigenvalue weighted by molar-refractivity contribution is 6.03. The van der Waals surface area contributed by atoms with E-state index in [9.17, 15) is 4.39 Å². The van der Waals surface area contributed by atoms with Crippen LogP contribution in [0.3, 0.4) is 0 Å². The Hall–Kier alpha value is -3.81. The van der Waals surface area contributed by atoms with Crippen LogP contribution in [0.15, 0.2) is 59.7 Å². The molecule has 1 aromatic heterocycles. The van der Waals surface area contributed by atoms with Crippen molar-refractivity contribution in [3.05, 3.63) is 77.1 Å². The zero-order chi connectivity index (χ0) is 23.3. The first kappa shape index (κ1) is 20.8. The molecule has 0 amide bonds. The van der Waals surface area contributed by atoms with Gasteiger partial charge in [0, 0.05) is 25.2 Å². The van der Waals surface area contributed by atoms with Gasteiger partial charge in [0.05, 0.1) is 37.0 Å². The van der Waals surface area contributed by atoms with Crippen LogP contribution in [0.5, 0.6) is 11.5 Å². The SMILES string of the molecule is COc1cc(C=C2CCCN3C2=NOC32CCOc3cc(F)ccc32)ccc1-n1cnc(C)c1. The van der Waals surface area contributed by atoms with E-state index in [1.807, 2.05) is 29.8 Å². The molecule has 1 fully saturated rings. The number of oxime groups is 1. The van der Waals surface area contributed by atoms with Crippen LogP contribution in [-0.2, 0) is 10.6 Å². The van der Waals surface area contributed by atoms with Crippen molar-refractivity contribution in [2.45, 2.75) is 31.9 Å². The van der Waals surface area contributed by atoms with E-state index >= 15 is 0 Å². The lowest BCUT2D eigenvalue weighted by atomic mass is 9.90. The number of ether oxygens (including phenoxy) is 2. The molecule has 174 valence electrons. The van der Waals surface area contributed by atoms with E-state index in [1.54, 1.807) is 19.5 Å². The standard InChI is InChI=1S/C26H25FN4O3/c1-17-15-30(16-28-17)22-8-5-18(13-24(22)32-2)12-19-4-3-10-31-25(19)29-34-26(31)9-11-33-23-14-20(27)6-7-21(23)26/h5-8,12-16H,3-4,9-11H2,1-2H3. The van der Waals surface area contributed by atoms with Crippen LogP contribution in [-0.4, -0.2) is 40.5 Å². The summed E-state index contributed by atoms with van der Waals surface area (Å²) in [7, 11) is 1.67. The maximum absolute atomic E-state index is 13.8. The lowest BCUT2D eigenvalue weighted by Gasteiger charge is -2.42. The predicted molar refractivity (Wildman–Crippen MR) is 125 cm³/mol. The minimum absolute atomic E-state index is 0.322. The van der Waals surface area contributed by atoms with Gasteiger partial charge in [-0.05, 0) is 61.2 Å². The zero-order valence-electron chi connectivity index (χ0n) is 19.1. The topological polar surface area (TPSA) is 61.1 Å². The molecule has 34 heavy (non-hydrogen) atoms. The van der Waals surface area contributed by atoms with Gasteiger partial charge in [-0.1, -0.05) is 11.2 Å². The van der Waals surface area contributed by atoms with Crippen LogP contribution in [0, 0.1) is 12.7 Å². The monoisotopic (exact) mass is 460 g/mol. The third-order valence-electron chi connectivity index (χ3n) is 6.69. The molecule has 1 saturated heterocycles. The highest BCUT2D eigenvalue weighted by Crippen LogP contribution is 2.48. The predicted octanol–water partition coefficient (Wildman–Crippen LogP) is 4.79. The number of amidine groups is 1. The lowest BCUT2D eigenvalue weighted by molar-refractivity contribution is -0.128. The summed E-state index contributed by atoms with van der Waals surface area (Å²) in [6.45, 7) is 3.22. The van der Waals surface area contributed by atoms with Crippen LogP contribution in [0.25, 0.3) is 11.8 Å². The summed E-state index contributed by atoms with van der Waals surface area (Å²) < 4.78 is 27.2. The van der Waals surface area contributed by atoms with Crippen molar-refractivity contribution in [1.82, 2.24) is 14.5 Å². The highest BCUT2D eigenvalue weighted by Gasteiger charge is 2.52. The van der Waals surface area contributed by atoms with Crippen molar-refractivity contribution in [3.8, 4) is 17.2 Å². The van der Waals surface area contributed by atoms with E-state index in [-0.39, 0.29) is 5.82 Å². The number of imidazole rings is 1. The van der Waals surface area contributed by atoms with Crippen LogP contribution in [0.2, 0.25) is 0 Å². The Morgan fingerprint density at radius 1 is 1.21 bits per heavy atom. The van der Waals surface area contributed by atoms with Crippen molar-refractivity contribution < 1.29 is 18.7 Å². The molecule has 0 bridgehead atoms. The molecule has 1 unspecified atom stereocenters. The molecule has 3 aliphatic rings. The van der Waals surface area contributed by atoms with Gasteiger partial charge in [0.2, 0.25) is 5.72 Å². The molecule has 1 spiro atoms. The van der Waals surface area contributed by atoms with Gasteiger partial charge in [0.1, 0.15) is 17.3 Å². The molecular weight excluding hydrogens is 435 g/mol. The number of benzene rings is 2. The number of fused-ring (bicyclic) bond motifs is 4. The van der Waals surface area contributed by atoms with Gasteiger partial charge in [0.25, 0.3) is 0 Å². The van der Waals surface area contributed by atoms with Gasteiger partial charge in [-0.3, -0.25) is 0 Å². The number of nitrogens with zero attached hydrogens (tertiary/aromatic N) is 4. The number of aryl methyl sites for hydroxylation is 1. The largest absolute Gasteiger partial charge is 0.495 e. The summed E-state index contributed by atoms with van der Waals surface area (Å²) in [5.41, 5.74) is 4.07. The van der Waals surface area contributed by atoms with Crippen molar-refractivity contribution in [2.75, 3.05) is 20.3 Å². The first-order valence-corrected chi connectivity index (χ1v) is 11.4. The first-order chi connectivity index (χ1) is 16.6. The second-order valence-corrected chi connectivity index (χ2v) is 8.81. The van der Waals surface area contributed by atoms with E-state index in [0.717, 1.165) is 59.1 Å². The number of rotatable bonds is 3. The number of aromatic nitrogens is 2. The zero-order valence-corrected chi connectivity index (χ0v) is 19.1. The molecule has 0 aliphatic carbocycles. The Balaban J connectivity index is 1.34. The fourth-order valence-corrected chi connectivity index (χ4v) is 5.08. The smallest absolute Gasteiger partial charge is 0.244 e. The Morgan fingerprint density at radius 3 is 2.94 bits per heavy atom. The molecule has 4 heterocycles. The summed E-state index contributed by atoms with van der Waals surface area (Å²) in [6.07, 6.45) is 8.38. The van der Waals surface area contributed by atoms with Gasteiger partial charge in [0.15, 0.2) is 5.84 Å². The molecule has 2 aromatic carbocycles. The molecule has 6 rings (SSSR count). The van der Waals surface area contributed by atoms with Crippen LogP contribution >= 0.6 is 0 Å². The molecule has 0 radical (unpaired) electrons. The number of hydrogen-bond donors (Lipinski definition) is 0. The van der Waals surface area contributed by atoms with Gasteiger partial charge in [-0.2, -0.15) is 0 Å². The Morgan fingerprint density at radius 2 is 2.12 bits per heavy atom. The lowest BCUT2D eigenvalue weighted by Crippen LogP contribution is -2.51. The Kier molecular flexibility index (Phi) is 4.83. The summed E-state index contributed by atoms with van der Waals surface area (Å²) in [6, 6.07) is 10.8. The van der Waals surface area contributed by atoms with Gasteiger partial charge >= 0.3 is 0 Å².